The van der Waals surface area contributed by atoms with Gasteiger partial charge in [0.25, 0.3) is 0 Å². The van der Waals surface area contributed by atoms with Crippen molar-refractivity contribution in [2.75, 3.05) is 66.1 Å². The SMILES string of the molecule is CCN=C(NC1C2CCOC2C12CCC2)N1CCN(CC(=O)NCCOC)CC1. The Morgan fingerprint density at radius 2 is 2.07 bits per heavy atom. The van der Waals surface area contributed by atoms with E-state index in [1.807, 2.05) is 0 Å². The summed E-state index contributed by atoms with van der Waals surface area (Å²) >= 11 is 0. The highest BCUT2D eigenvalue weighted by molar-refractivity contribution is 5.81. The summed E-state index contributed by atoms with van der Waals surface area (Å²) in [6, 6.07) is 0.513. The van der Waals surface area contributed by atoms with Crippen LogP contribution in [0.25, 0.3) is 0 Å². The van der Waals surface area contributed by atoms with Crippen LogP contribution in [0, 0.1) is 11.3 Å². The molecule has 8 heteroatoms. The van der Waals surface area contributed by atoms with Gasteiger partial charge in [0, 0.05) is 70.4 Å². The summed E-state index contributed by atoms with van der Waals surface area (Å²) < 4.78 is 11.0. The number of aliphatic imine (C=N–C) groups is 1. The van der Waals surface area contributed by atoms with E-state index in [0.717, 1.165) is 45.3 Å². The van der Waals surface area contributed by atoms with Crippen molar-refractivity contribution in [1.29, 1.82) is 0 Å². The predicted molar refractivity (Wildman–Crippen MR) is 112 cm³/mol. The normalized spacial score (nSPS) is 31.2. The summed E-state index contributed by atoms with van der Waals surface area (Å²) in [7, 11) is 1.64. The molecule has 0 radical (unpaired) electrons. The molecule has 0 aromatic rings. The smallest absolute Gasteiger partial charge is 0.234 e. The summed E-state index contributed by atoms with van der Waals surface area (Å²) in [5.41, 5.74) is 0.359. The van der Waals surface area contributed by atoms with Gasteiger partial charge in [-0.1, -0.05) is 6.42 Å². The maximum atomic E-state index is 12.0. The molecule has 2 saturated heterocycles. The lowest BCUT2D eigenvalue weighted by atomic mass is 9.46. The Morgan fingerprint density at radius 1 is 1.28 bits per heavy atom. The number of carbonyl (C=O) groups excluding carboxylic acids is 1. The molecule has 2 N–H and O–H groups in total. The standard InChI is InChI=1S/C21H37N5O3/c1-3-22-20(24-18-16-5-13-29-19(16)21(18)6-4-7-21)26-11-9-25(10-12-26)15-17(27)23-8-14-28-2/h16,18-19H,3-15H2,1-2H3,(H,22,24)(H,23,27). The maximum absolute atomic E-state index is 12.0. The number of fused-ring (bicyclic) bond motifs is 2. The molecule has 2 aliphatic carbocycles. The van der Waals surface area contributed by atoms with E-state index < -0.39 is 0 Å². The Kier molecular flexibility index (Phi) is 6.61. The van der Waals surface area contributed by atoms with Gasteiger partial charge in [0.05, 0.1) is 19.3 Å². The molecular formula is C21H37N5O3. The van der Waals surface area contributed by atoms with Crippen molar-refractivity contribution in [3.05, 3.63) is 0 Å². The Hall–Kier alpha value is -1.38. The summed E-state index contributed by atoms with van der Waals surface area (Å²) in [4.78, 5) is 21.5. The molecule has 3 unspecified atom stereocenters. The van der Waals surface area contributed by atoms with E-state index in [2.05, 4.69) is 27.4 Å². The zero-order valence-corrected chi connectivity index (χ0v) is 18.0. The molecule has 29 heavy (non-hydrogen) atoms. The van der Waals surface area contributed by atoms with Gasteiger partial charge in [-0.05, 0) is 26.2 Å². The van der Waals surface area contributed by atoms with Crippen LogP contribution in [-0.2, 0) is 14.3 Å². The highest BCUT2D eigenvalue weighted by atomic mass is 16.5. The molecule has 1 amide bonds. The second kappa shape index (κ2) is 9.18. The molecule has 0 bridgehead atoms. The van der Waals surface area contributed by atoms with Crippen molar-refractivity contribution in [3.8, 4) is 0 Å². The minimum absolute atomic E-state index is 0.0738. The molecule has 4 fully saturated rings. The number of piperazine rings is 1. The number of nitrogens with zero attached hydrogens (tertiary/aromatic N) is 3. The van der Waals surface area contributed by atoms with Crippen LogP contribution in [0.1, 0.15) is 32.6 Å². The molecule has 2 saturated carbocycles. The number of guanidine groups is 1. The van der Waals surface area contributed by atoms with E-state index in [1.165, 1.54) is 25.7 Å². The third kappa shape index (κ3) is 4.11. The van der Waals surface area contributed by atoms with Crippen LogP contribution in [0.2, 0.25) is 0 Å². The zero-order valence-electron chi connectivity index (χ0n) is 18.0. The number of hydrogen-bond acceptors (Lipinski definition) is 5. The summed E-state index contributed by atoms with van der Waals surface area (Å²) in [5.74, 6) is 1.78. The first kappa shape index (κ1) is 20.9. The van der Waals surface area contributed by atoms with Crippen LogP contribution in [0.3, 0.4) is 0 Å². The molecule has 164 valence electrons. The summed E-state index contributed by atoms with van der Waals surface area (Å²) in [6.07, 6.45) is 5.56. The molecule has 0 aromatic carbocycles. The van der Waals surface area contributed by atoms with E-state index in [9.17, 15) is 4.79 Å². The average Bonchev–Trinajstić information content (AvgIpc) is 3.10. The third-order valence-electron chi connectivity index (χ3n) is 7.30. The average molecular weight is 408 g/mol. The van der Waals surface area contributed by atoms with Gasteiger partial charge >= 0.3 is 0 Å². The van der Waals surface area contributed by atoms with Gasteiger partial charge < -0.3 is 25.0 Å². The molecule has 4 aliphatic rings. The van der Waals surface area contributed by atoms with Crippen molar-refractivity contribution < 1.29 is 14.3 Å². The lowest BCUT2D eigenvalue weighted by Crippen LogP contribution is -2.73. The van der Waals surface area contributed by atoms with Gasteiger partial charge in [-0.3, -0.25) is 14.7 Å². The van der Waals surface area contributed by atoms with Crippen molar-refractivity contribution in [3.63, 3.8) is 0 Å². The predicted octanol–water partition coefficient (Wildman–Crippen LogP) is 0.290. The largest absolute Gasteiger partial charge is 0.383 e. The van der Waals surface area contributed by atoms with Gasteiger partial charge in [-0.2, -0.15) is 0 Å². The molecule has 2 aliphatic heterocycles. The fourth-order valence-electron chi connectivity index (χ4n) is 5.65. The monoisotopic (exact) mass is 407 g/mol. The van der Waals surface area contributed by atoms with Crippen molar-refractivity contribution in [2.45, 2.75) is 44.8 Å². The van der Waals surface area contributed by atoms with E-state index in [1.54, 1.807) is 7.11 Å². The first-order chi connectivity index (χ1) is 14.2. The number of hydrogen-bond donors (Lipinski definition) is 2. The fourth-order valence-corrected chi connectivity index (χ4v) is 5.65. The van der Waals surface area contributed by atoms with E-state index in [-0.39, 0.29) is 5.91 Å². The van der Waals surface area contributed by atoms with E-state index in [4.69, 9.17) is 14.5 Å². The van der Waals surface area contributed by atoms with Crippen molar-refractivity contribution >= 4 is 11.9 Å². The Bertz CT molecular complexity index is 601. The number of nitrogens with one attached hydrogen (secondary N) is 2. The second-order valence-corrected chi connectivity index (χ2v) is 8.86. The van der Waals surface area contributed by atoms with Crippen LogP contribution in [-0.4, -0.2) is 99.9 Å². The van der Waals surface area contributed by atoms with Gasteiger partial charge in [0.15, 0.2) is 5.96 Å². The van der Waals surface area contributed by atoms with Crippen LogP contribution < -0.4 is 10.6 Å². The lowest BCUT2D eigenvalue weighted by Gasteiger charge is -2.63. The Balaban J connectivity index is 1.28. The molecule has 1 spiro atoms. The lowest BCUT2D eigenvalue weighted by molar-refractivity contribution is -0.171. The van der Waals surface area contributed by atoms with E-state index in [0.29, 0.717) is 43.2 Å². The first-order valence-electron chi connectivity index (χ1n) is 11.3. The minimum Gasteiger partial charge on any atom is -0.383 e. The maximum Gasteiger partial charge on any atom is 0.234 e. The second-order valence-electron chi connectivity index (χ2n) is 8.86. The third-order valence-corrected chi connectivity index (χ3v) is 7.30. The van der Waals surface area contributed by atoms with Gasteiger partial charge in [0.2, 0.25) is 5.91 Å². The number of carbonyl (C=O) groups is 1. The fraction of sp³-hybridized carbons (Fsp3) is 0.905. The highest BCUT2D eigenvalue weighted by Crippen LogP contribution is 2.62. The quantitative estimate of drug-likeness (QED) is 0.359. The first-order valence-corrected chi connectivity index (χ1v) is 11.3. The van der Waals surface area contributed by atoms with Gasteiger partial charge in [-0.25, -0.2) is 0 Å². The Morgan fingerprint density at radius 3 is 2.72 bits per heavy atom. The highest BCUT2D eigenvalue weighted by Gasteiger charge is 2.66. The van der Waals surface area contributed by atoms with Crippen molar-refractivity contribution in [2.24, 2.45) is 16.3 Å². The molecular weight excluding hydrogens is 370 g/mol. The number of methoxy groups -OCH3 is 1. The summed E-state index contributed by atoms with van der Waals surface area (Å²) in [6.45, 7) is 8.96. The van der Waals surface area contributed by atoms with Crippen LogP contribution >= 0.6 is 0 Å². The van der Waals surface area contributed by atoms with Crippen LogP contribution in [0.15, 0.2) is 4.99 Å². The van der Waals surface area contributed by atoms with Crippen LogP contribution in [0.4, 0.5) is 0 Å². The zero-order chi connectivity index (χ0) is 20.3. The number of ether oxygens (including phenoxy) is 2. The number of amides is 1. The van der Waals surface area contributed by atoms with Crippen molar-refractivity contribution in [1.82, 2.24) is 20.4 Å². The molecule has 3 atom stereocenters. The van der Waals surface area contributed by atoms with Crippen LogP contribution in [0.5, 0.6) is 0 Å². The molecule has 4 rings (SSSR count). The Labute approximate surface area is 174 Å². The molecule has 2 heterocycles. The topological polar surface area (TPSA) is 78.4 Å². The summed E-state index contributed by atoms with van der Waals surface area (Å²) in [5, 5.41) is 6.77. The van der Waals surface area contributed by atoms with Gasteiger partial charge in [0.1, 0.15) is 0 Å². The molecule has 0 aromatic heterocycles. The number of rotatable bonds is 7. The van der Waals surface area contributed by atoms with E-state index >= 15 is 0 Å². The minimum atomic E-state index is 0.0738. The van der Waals surface area contributed by atoms with Gasteiger partial charge in [-0.15, -0.1) is 0 Å². The molecule has 8 nitrogen and oxygen atoms in total.